The number of nitrogens with one attached hydrogen (secondary N) is 1. The summed E-state index contributed by atoms with van der Waals surface area (Å²) in [5.74, 6) is 1.05. The summed E-state index contributed by atoms with van der Waals surface area (Å²) in [5.41, 5.74) is 2.10. The number of aryl methyl sites for hydroxylation is 1. The van der Waals surface area contributed by atoms with Crippen LogP contribution in [0.3, 0.4) is 0 Å². The van der Waals surface area contributed by atoms with Crippen LogP contribution in [0.5, 0.6) is 5.75 Å². The molecule has 0 saturated heterocycles. The number of alkyl carbamates (subject to hydrolysis) is 1. The van der Waals surface area contributed by atoms with E-state index in [0.717, 1.165) is 25.0 Å². The van der Waals surface area contributed by atoms with Gasteiger partial charge in [-0.1, -0.05) is 6.07 Å². The zero-order chi connectivity index (χ0) is 20.6. The van der Waals surface area contributed by atoms with Crippen LogP contribution in [-0.4, -0.2) is 37.4 Å². The smallest absolute Gasteiger partial charge is 0.407 e. The molecule has 1 aliphatic carbocycles. The third-order valence-electron chi connectivity index (χ3n) is 4.53. The first-order valence-electron chi connectivity index (χ1n) is 10.1. The van der Waals surface area contributed by atoms with Crippen LogP contribution in [0, 0.1) is 5.92 Å². The van der Waals surface area contributed by atoms with Gasteiger partial charge in [0.15, 0.2) is 0 Å². The number of hydrogen-bond donors (Lipinski definition) is 1. The largest absolute Gasteiger partial charge is 0.494 e. The van der Waals surface area contributed by atoms with Crippen molar-refractivity contribution in [1.82, 2.24) is 5.32 Å². The molecule has 2 rings (SSSR count). The molecule has 0 aromatic heterocycles. The summed E-state index contributed by atoms with van der Waals surface area (Å²) in [6.45, 7) is 8.79. The predicted octanol–water partition coefficient (Wildman–Crippen LogP) is 4.04. The molecule has 0 aliphatic heterocycles. The fraction of sp³-hybridized carbons (Fsp3) is 0.636. The summed E-state index contributed by atoms with van der Waals surface area (Å²) in [6.07, 6.45) is 3.65. The Morgan fingerprint density at radius 2 is 2.00 bits per heavy atom. The monoisotopic (exact) mass is 391 g/mol. The summed E-state index contributed by atoms with van der Waals surface area (Å²) >= 11 is 0. The maximum Gasteiger partial charge on any atom is 0.407 e. The van der Waals surface area contributed by atoms with E-state index in [1.165, 1.54) is 11.1 Å². The van der Waals surface area contributed by atoms with Gasteiger partial charge in [-0.05, 0) is 82.6 Å². The normalized spacial score (nSPS) is 16.1. The quantitative estimate of drug-likeness (QED) is 0.535. The lowest BCUT2D eigenvalue weighted by Crippen LogP contribution is -2.33. The lowest BCUT2D eigenvalue weighted by molar-refractivity contribution is -0.144. The van der Waals surface area contributed by atoms with Gasteiger partial charge >= 0.3 is 12.1 Å². The van der Waals surface area contributed by atoms with Gasteiger partial charge in [0.05, 0.1) is 13.2 Å². The molecular formula is C22H33NO5. The van der Waals surface area contributed by atoms with E-state index in [1.807, 2.05) is 33.8 Å². The van der Waals surface area contributed by atoms with Gasteiger partial charge in [-0.25, -0.2) is 4.79 Å². The molecule has 0 fully saturated rings. The summed E-state index contributed by atoms with van der Waals surface area (Å²) < 4.78 is 16.1. The van der Waals surface area contributed by atoms with E-state index in [9.17, 15) is 9.59 Å². The number of ether oxygens (including phenoxy) is 3. The summed E-state index contributed by atoms with van der Waals surface area (Å²) in [5, 5.41) is 2.72. The van der Waals surface area contributed by atoms with Crippen LogP contribution < -0.4 is 10.1 Å². The van der Waals surface area contributed by atoms with Crippen molar-refractivity contribution in [1.29, 1.82) is 0 Å². The Balaban J connectivity index is 1.74. The third-order valence-corrected chi connectivity index (χ3v) is 4.53. The topological polar surface area (TPSA) is 73.9 Å². The molecule has 28 heavy (non-hydrogen) atoms. The fourth-order valence-electron chi connectivity index (χ4n) is 3.30. The number of carbonyl (C=O) groups excluding carboxylic acids is 2. The average molecular weight is 392 g/mol. The molecule has 1 atom stereocenters. The molecule has 1 aliphatic rings. The van der Waals surface area contributed by atoms with Crippen LogP contribution in [0.25, 0.3) is 0 Å². The predicted molar refractivity (Wildman–Crippen MR) is 108 cm³/mol. The van der Waals surface area contributed by atoms with E-state index in [-0.39, 0.29) is 5.97 Å². The first kappa shape index (κ1) is 22.1. The molecule has 1 N–H and O–H groups in total. The second-order valence-electron chi connectivity index (χ2n) is 8.18. The maximum absolute atomic E-state index is 11.7. The molecule has 1 amide bonds. The third kappa shape index (κ3) is 7.79. The second kappa shape index (κ2) is 10.3. The van der Waals surface area contributed by atoms with E-state index in [2.05, 4.69) is 17.4 Å². The standard InChI is InChI=1S/C22H33NO5/c1-5-26-20(24)14-16-7-8-17-9-10-19(15-18(17)13-16)27-12-6-11-23-21(25)28-22(2,3)4/h9-10,15-16H,5-8,11-14H2,1-4H3,(H,23,25). The number of carbonyl (C=O) groups is 2. The van der Waals surface area contributed by atoms with Crippen LogP contribution in [-0.2, 0) is 27.1 Å². The Hall–Kier alpha value is -2.24. The average Bonchev–Trinajstić information content (AvgIpc) is 2.59. The lowest BCUT2D eigenvalue weighted by Gasteiger charge is -2.24. The Bertz CT molecular complexity index is 665. The highest BCUT2D eigenvalue weighted by molar-refractivity contribution is 5.69. The van der Waals surface area contributed by atoms with Gasteiger partial charge in [0, 0.05) is 13.0 Å². The van der Waals surface area contributed by atoms with Crippen LogP contribution in [0.2, 0.25) is 0 Å². The zero-order valence-electron chi connectivity index (χ0n) is 17.5. The second-order valence-corrected chi connectivity index (χ2v) is 8.18. The summed E-state index contributed by atoms with van der Waals surface area (Å²) in [6, 6.07) is 6.18. The van der Waals surface area contributed by atoms with Gasteiger partial charge in [0.25, 0.3) is 0 Å². The molecule has 156 valence electrons. The fourth-order valence-corrected chi connectivity index (χ4v) is 3.30. The highest BCUT2D eigenvalue weighted by atomic mass is 16.6. The van der Waals surface area contributed by atoms with E-state index < -0.39 is 11.7 Å². The first-order chi connectivity index (χ1) is 13.3. The van der Waals surface area contributed by atoms with Crippen molar-refractivity contribution < 1.29 is 23.8 Å². The van der Waals surface area contributed by atoms with Gasteiger partial charge < -0.3 is 19.5 Å². The van der Waals surface area contributed by atoms with Gasteiger partial charge in [-0.15, -0.1) is 0 Å². The van der Waals surface area contributed by atoms with Gasteiger partial charge in [0.1, 0.15) is 11.4 Å². The van der Waals surface area contributed by atoms with Gasteiger partial charge in [-0.2, -0.15) is 0 Å². The van der Waals surface area contributed by atoms with Crippen LogP contribution >= 0.6 is 0 Å². The molecule has 6 nitrogen and oxygen atoms in total. The molecule has 0 bridgehead atoms. The van der Waals surface area contributed by atoms with Crippen molar-refractivity contribution in [2.24, 2.45) is 5.92 Å². The zero-order valence-corrected chi connectivity index (χ0v) is 17.5. The molecular weight excluding hydrogens is 358 g/mol. The van der Waals surface area contributed by atoms with Crippen LogP contribution in [0.1, 0.15) is 58.1 Å². The summed E-state index contributed by atoms with van der Waals surface area (Å²) in [7, 11) is 0. The molecule has 0 saturated carbocycles. The number of benzene rings is 1. The number of rotatable bonds is 8. The highest BCUT2D eigenvalue weighted by Crippen LogP contribution is 2.30. The highest BCUT2D eigenvalue weighted by Gasteiger charge is 2.22. The lowest BCUT2D eigenvalue weighted by atomic mass is 9.82. The van der Waals surface area contributed by atoms with E-state index in [0.29, 0.717) is 38.5 Å². The SMILES string of the molecule is CCOC(=O)CC1CCc2ccc(OCCCNC(=O)OC(C)(C)C)cc2C1. The molecule has 1 aromatic carbocycles. The number of hydrogen-bond acceptors (Lipinski definition) is 5. The van der Waals surface area contributed by atoms with Crippen LogP contribution in [0.15, 0.2) is 18.2 Å². The Morgan fingerprint density at radius 3 is 2.71 bits per heavy atom. The number of fused-ring (bicyclic) bond motifs is 1. The van der Waals surface area contributed by atoms with E-state index >= 15 is 0 Å². The Kier molecular flexibility index (Phi) is 8.15. The molecule has 0 heterocycles. The molecule has 1 unspecified atom stereocenters. The minimum atomic E-state index is -0.491. The van der Waals surface area contributed by atoms with Crippen molar-refractivity contribution in [2.45, 2.75) is 65.4 Å². The molecule has 1 aromatic rings. The Morgan fingerprint density at radius 1 is 1.21 bits per heavy atom. The molecule has 0 radical (unpaired) electrons. The first-order valence-corrected chi connectivity index (χ1v) is 10.1. The number of esters is 1. The molecule has 6 heteroatoms. The Labute approximate surface area is 167 Å². The van der Waals surface area contributed by atoms with Gasteiger partial charge in [0.2, 0.25) is 0 Å². The minimum absolute atomic E-state index is 0.110. The summed E-state index contributed by atoms with van der Waals surface area (Å²) in [4.78, 5) is 23.3. The minimum Gasteiger partial charge on any atom is -0.494 e. The van der Waals surface area contributed by atoms with Crippen molar-refractivity contribution in [2.75, 3.05) is 19.8 Å². The van der Waals surface area contributed by atoms with Crippen molar-refractivity contribution in [3.05, 3.63) is 29.3 Å². The van der Waals surface area contributed by atoms with E-state index in [1.54, 1.807) is 0 Å². The van der Waals surface area contributed by atoms with Crippen LogP contribution in [0.4, 0.5) is 4.79 Å². The maximum atomic E-state index is 11.7. The van der Waals surface area contributed by atoms with E-state index in [4.69, 9.17) is 14.2 Å². The van der Waals surface area contributed by atoms with Gasteiger partial charge in [-0.3, -0.25) is 4.79 Å². The van der Waals surface area contributed by atoms with Crippen molar-refractivity contribution >= 4 is 12.1 Å². The molecule has 0 spiro atoms. The van der Waals surface area contributed by atoms with Crippen molar-refractivity contribution in [3.8, 4) is 5.75 Å². The van der Waals surface area contributed by atoms with Crippen molar-refractivity contribution in [3.63, 3.8) is 0 Å². The number of amides is 1.